The third-order valence-corrected chi connectivity index (χ3v) is 3.60. The zero-order chi connectivity index (χ0) is 15.5. The average molecular weight is 297 g/mol. The minimum Gasteiger partial charge on any atom is -0.481 e. The molecule has 0 aromatic heterocycles. The summed E-state index contributed by atoms with van der Waals surface area (Å²) in [6, 6.07) is 16.2. The quantitative estimate of drug-likeness (QED) is 0.942. The molecule has 0 saturated carbocycles. The van der Waals surface area contributed by atoms with Crippen molar-refractivity contribution in [3.05, 3.63) is 60.2 Å². The van der Waals surface area contributed by atoms with Crippen molar-refractivity contribution in [2.75, 3.05) is 13.1 Å². The first-order chi connectivity index (χ1) is 10.6. The van der Waals surface area contributed by atoms with Crippen LogP contribution in [0.2, 0.25) is 0 Å². The van der Waals surface area contributed by atoms with Crippen LogP contribution in [0.4, 0.5) is 0 Å². The predicted octanol–water partition coefficient (Wildman–Crippen LogP) is 2.64. The first kappa shape index (κ1) is 14.1. The van der Waals surface area contributed by atoms with Crippen LogP contribution < -0.4 is 4.74 Å². The SMILES string of the molecule is O=C(O)C1CN(C(=O)c2ccc(Oc3ccccc3)cc2)C1. The Morgan fingerprint density at radius 3 is 2.14 bits per heavy atom. The molecule has 0 unspecified atom stereocenters. The molecule has 5 heteroatoms. The monoisotopic (exact) mass is 297 g/mol. The fraction of sp³-hybridized carbons (Fsp3) is 0.176. The first-order valence-electron chi connectivity index (χ1n) is 6.98. The fourth-order valence-electron chi connectivity index (χ4n) is 2.27. The van der Waals surface area contributed by atoms with Gasteiger partial charge in [-0.15, -0.1) is 0 Å². The minimum atomic E-state index is -0.851. The molecule has 112 valence electrons. The summed E-state index contributed by atoms with van der Waals surface area (Å²) >= 11 is 0. The zero-order valence-electron chi connectivity index (χ0n) is 11.8. The zero-order valence-corrected chi connectivity index (χ0v) is 11.8. The number of hydrogen-bond acceptors (Lipinski definition) is 3. The highest BCUT2D eigenvalue weighted by Gasteiger charge is 2.35. The van der Waals surface area contributed by atoms with Crippen LogP contribution in [0.3, 0.4) is 0 Å². The van der Waals surface area contributed by atoms with Gasteiger partial charge < -0.3 is 14.7 Å². The molecule has 0 radical (unpaired) electrons. The summed E-state index contributed by atoms with van der Waals surface area (Å²) in [7, 11) is 0. The summed E-state index contributed by atoms with van der Waals surface area (Å²) in [4.78, 5) is 24.4. The van der Waals surface area contributed by atoms with E-state index in [1.54, 1.807) is 24.3 Å². The van der Waals surface area contributed by atoms with Gasteiger partial charge in [0.2, 0.25) is 0 Å². The number of aliphatic carboxylic acids is 1. The lowest BCUT2D eigenvalue weighted by atomic mass is 9.99. The van der Waals surface area contributed by atoms with Crippen LogP contribution >= 0.6 is 0 Å². The molecule has 1 amide bonds. The highest BCUT2D eigenvalue weighted by Crippen LogP contribution is 2.23. The number of carboxylic acid groups (broad SMARTS) is 1. The molecule has 1 N–H and O–H groups in total. The molecule has 1 aliphatic heterocycles. The van der Waals surface area contributed by atoms with Gasteiger partial charge in [0.15, 0.2) is 0 Å². The van der Waals surface area contributed by atoms with E-state index >= 15 is 0 Å². The molecule has 1 aliphatic rings. The molecule has 0 bridgehead atoms. The maximum atomic E-state index is 12.2. The molecule has 2 aromatic rings. The summed E-state index contributed by atoms with van der Waals surface area (Å²) < 4.78 is 5.66. The number of carboxylic acids is 1. The summed E-state index contributed by atoms with van der Waals surface area (Å²) in [6.45, 7) is 0.548. The van der Waals surface area contributed by atoms with Crippen LogP contribution in [0.1, 0.15) is 10.4 Å². The second kappa shape index (κ2) is 5.89. The number of benzene rings is 2. The first-order valence-corrected chi connectivity index (χ1v) is 6.98. The van der Waals surface area contributed by atoms with E-state index in [1.165, 1.54) is 4.90 Å². The number of nitrogens with zero attached hydrogens (tertiary/aromatic N) is 1. The largest absolute Gasteiger partial charge is 0.481 e. The van der Waals surface area contributed by atoms with E-state index in [-0.39, 0.29) is 19.0 Å². The lowest BCUT2D eigenvalue weighted by Crippen LogP contribution is -2.53. The van der Waals surface area contributed by atoms with Gasteiger partial charge in [0.1, 0.15) is 11.5 Å². The van der Waals surface area contributed by atoms with Gasteiger partial charge in [0.05, 0.1) is 5.92 Å². The minimum absolute atomic E-state index is 0.149. The molecular weight excluding hydrogens is 282 g/mol. The maximum Gasteiger partial charge on any atom is 0.310 e. The Morgan fingerprint density at radius 2 is 1.55 bits per heavy atom. The van der Waals surface area contributed by atoms with Gasteiger partial charge in [-0.2, -0.15) is 0 Å². The molecule has 5 nitrogen and oxygen atoms in total. The van der Waals surface area contributed by atoms with Crippen molar-refractivity contribution in [3.8, 4) is 11.5 Å². The van der Waals surface area contributed by atoms with Crippen molar-refractivity contribution in [2.45, 2.75) is 0 Å². The highest BCUT2D eigenvalue weighted by atomic mass is 16.5. The third kappa shape index (κ3) is 2.93. The Hall–Kier alpha value is -2.82. The molecular formula is C17H15NO4. The normalized spacial score (nSPS) is 14.3. The van der Waals surface area contributed by atoms with Crippen LogP contribution in [-0.4, -0.2) is 35.0 Å². The molecule has 0 aliphatic carbocycles. The van der Waals surface area contributed by atoms with Gasteiger partial charge in [-0.05, 0) is 36.4 Å². The summed E-state index contributed by atoms with van der Waals surface area (Å²) in [6.07, 6.45) is 0. The van der Waals surface area contributed by atoms with Crippen LogP contribution in [0.5, 0.6) is 11.5 Å². The van der Waals surface area contributed by atoms with Crippen LogP contribution in [0.15, 0.2) is 54.6 Å². The highest BCUT2D eigenvalue weighted by molar-refractivity contribution is 5.95. The Balaban J connectivity index is 1.62. The van der Waals surface area contributed by atoms with E-state index in [0.717, 1.165) is 5.75 Å². The fourth-order valence-corrected chi connectivity index (χ4v) is 2.27. The molecule has 1 fully saturated rings. The van der Waals surface area contributed by atoms with Crippen molar-refractivity contribution in [2.24, 2.45) is 5.92 Å². The van der Waals surface area contributed by atoms with Crippen molar-refractivity contribution >= 4 is 11.9 Å². The molecule has 2 aromatic carbocycles. The van der Waals surface area contributed by atoms with Gasteiger partial charge in [-0.25, -0.2) is 0 Å². The lowest BCUT2D eigenvalue weighted by molar-refractivity contribution is -0.146. The second-order valence-corrected chi connectivity index (χ2v) is 5.18. The molecule has 0 spiro atoms. The van der Waals surface area contributed by atoms with Crippen LogP contribution in [0, 0.1) is 5.92 Å². The smallest absolute Gasteiger partial charge is 0.310 e. The third-order valence-electron chi connectivity index (χ3n) is 3.60. The maximum absolute atomic E-state index is 12.2. The van der Waals surface area contributed by atoms with E-state index in [2.05, 4.69) is 0 Å². The Bertz CT molecular complexity index is 676. The number of para-hydroxylation sites is 1. The topological polar surface area (TPSA) is 66.8 Å². The number of hydrogen-bond donors (Lipinski definition) is 1. The van der Waals surface area contributed by atoms with E-state index < -0.39 is 11.9 Å². The van der Waals surface area contributed by atoms with Gasteiger partial charge in [0, 0.05) is 18.7 Å². The van der Waals surface area contributed by atoms with Crippen LogP contribution in [-0.2, 0) is 4.79 Å². The molecule has 0 atom stereocenters. The van der Waals surface area contributed by atoms with Crippen molar-refractivity contribution in [3.63, 3.8) is 0 Å². The van der Waals surface area contributed by atoms with E-state index in [1.807, 2.05) is 30.3 Å². The number of carbonyl (C=O) groups is 2. The average Bonchev–Trinajstić information content (AvgIpc) is 2.47. The number of likely N-dealkylation sites (tertiary alicyclic amines) is 1. The summed E-state index contributed by atoms with van der Waals surface area (Å²) in [5, 5.41) is 8.83. The van der Waals surface area contributed by atoms with E-state index in [4.69, 9.17) is 9.84 Å². The summed E-state index contributed by atoms with van der Waals surface area (Å²) in [5.74, 6) is -0.0625. The number of rotatable bonds is 4. The number of carbonyl (C=O) groups excluding carboxylic acids is 1. The van der Waals surface area contributed by atoms with Gasteiger partial charge in [-0.1, -0.05) is 18.2 Å². The molecule has 1 heterocycles. The van der Waals surface area contributed by atoms with Crippen molar-refractivity contribution in [1.82, 2.24) is 4.90 Å². The summed E-state index contributed by atoms with van der Waals surface area (Å²) in [5.41, 5.74) is 0.532. The molecule has 22 heavy (non-hydrogen) atoms. The van der Waals surface area contributed by atoms with Crippen molar-refractivity contribution < 1.29 is 19.4 Å². The molecule has 3 rings (SSSR count). The Labute approximate surface area is 127 Å². The van der Waals surface area contributed by atoms with Crippen molar-refractivity contribution in [1.29, 1.82) is 0 Å². The number of amides is 1. The van der Waals surface area contributed by atoms with Gasteiger partial charge >= 0.3 is 5.97 Å². The van der Waals surface area contributed by atoms with Gasteiger partial charge in [0.25, 0.3) is 5.91 Å². The second-order valence-electron chi connectivity index (χ2n) is 5.18. The molecule has 1 saturated heterocycles. The van der Waals surface area contributed by atoms with E-state index in [0.29, 0.717) is 11.3 Å². The van der Waals surface area contributed by atoms with Crippen LogP contribution in [0.25, 0.3) is 0 Å². The van der Waals surface area contributed by atoms with Gasteiger partial charge in [-0.3, -0.25) is 9.59 Å². The lowest BCUT2D eigenvalue weighted by Gasteiger charge is -2.36. The standard InChI is InChI=1S/C17H15NO4/c19-16(18-10-13(11-18)17(20)21)12-6-8-15(9-7-12)22-14-4-2-1-3-5-14/h1-9,13H,10-11H2,(H,20,21). The van der Waals surface area contributed by atoms with E-state index in [9.17, 15) is 9.59 Å². The number of ether oxygens (including phenoxy) is 1. The Kier molecular flexibility index (Phi) is 3.78. The Morgan fingerprint density at radius 1 is 0.955 bits per heavy atom. The predicted molar refractivity (Wildman–Crippen MR) is 80.0 cm³/mol.